The highest BCUT2D eigenvalue weighted by molar-refractivity contribution is 9.10. The van der Waals surface area contributed by atoms with Crippen molar-refractivity contribution in [2.75, 3.05) is 17.7 Å². The highest BCUT2D eigenvalue weighted by Gasteiger charge is 2.14. The molecule has 2 aromatic rings. The summed E-state index contributed by atoms with van der Waals surface area (Å²) >= 11 is 3.43. The van der Waals surface area contributed by atoms with Gasteiger partial charge in [-0.2, -0.15) is 0 Å². The molecule has 0 bridgehead atoms. The third kappa shape index (κ3) is 3.98. The number of para-hydroxylation sites is 1. The van der Waals surface area contributed by atoms with E-state index in [1.807, 2.05) is 24.3 Å². The molecule has 0 fully saturated rings. The number of anilines is 2. The molecule has 0 radical (unpaired) electrons. The van der Waals surface area contributed by atoms with Gasteiger partial charge in [0.15, 0.2) is 0 Å². The zero-order valence-corrected chi connectivity index (χ0v) is 13.3. The van der Waals surface area contributed by atoms with E-state index in [0.717, 1.165) is 10.0 Å². The number of halogens is 1. The minimum atomic E-state index is -0.374. The van der Waals surface area contributed by atoms with Gasteiger partial charge in [0.2, 0.25) is 0 Å². The summed E-state index contributed by atoms with van der Waals surface area (Å²) in [4.78, 5) is 12.0. The molecule has 21 heavy (non-hydrogen) atoms. The second-order valence-corrected chi connectivity index (χ2v) is 5.39. The number of carbonyl (C=O) groups excluding carboxylic acids is 1. The first-order valence-corrected chi connectivity index (χ1v) is 7.45. The Hall–Kier alpha value is -2.01. The summed E-state index contributed by atoms with van der Waals surface area (Å²) in [7, 11) is 0. The predicted octanol–water partition coefficient (Wildman–Crippen LogP) is 3.82. The molecule has 0 aliphatic carbocycles. The van der Waals surface area contributed by atoms with Gasteiger partial charge in [0.25, 0.3) is 0 Å². The Kier molecular flexibility index (Phi) is 5.22. The number of hydrogen-bond acceptors (Lipinski definition) is 4. The normalized spacial score (nSPS) is 10.2. The van der Waals surface area contributed by atoms with Crippen molar-refractivity contribution in [2.45, 2.75) is 13.5 Å². The first-order valence-electron chi connectivity index (χ1n) is 6.65. The molecule has 4 nitrogen and oxygen atoms in total. The molecule has 3 N–H and O–H groups in total. The highest BCUT2D eigenvalue weighted by atomic mass is 79.9. The number of nitrogens with one attached hydrogen (secondary N) is 1. The monoisotopic (exact) mass is 348 g/mol. The third-order valence-corrected chi connectivity index (χ3v) is 3.44. The Bertz CT molecular complexity index is 644. The summed E-state index contributed by atoms with van der Waals surface area (Å²) in [6, 6.07) is 13.1. The summed E-state index contributed by atoms with van der Waals surface area (Å²) in [6.45, 7) is 2.68. The second kappa shape index (κ2) is 7.13. The van der Waals surface area contributed by atoms with Crippen LogP contribution in [0.15, 0.2) is 46.9 Å². The molecule has 0 spiro atoms. The van der Waals surface area contributed by atoms with E-state index in [4.69, 9.17) is 10.5 Å². The summed E-state index contributed by atoms with van der Waals surface area (Å²) in [5, 5.41) is 3.22. The lowest BCUT2D eigenvalue weighted by molar-refractivity contribution is 0.0527. The molecule has 0 amide bonds. The van der Waals surface area contributed by atoms with Gasteiger partial charge >= 0.3 is 5.97 Å². The van der Waals surface area contributed by atoms with Crippen LogP contribution >= 0.6 is 15.9 Å². The number of nitrogen functional groups attached to an aromatic ring is 1. The van der Waals surface area contributed by atoms with Gasteiger partial charge in [-0.15, -0.1) is 0 Å². The topological polar surface area (TPSA) is 64.3 Å². The number of nitrogens with two attached hydrogens (primary N) is 1. The van der Waals surface area contributed by atoms with Crippen LogP contribution in [0, 0.1) is 0 Å². The van der Waals surface area contributed by atoms with Crippen LogP contribution in [0.25, 0.3) is 0 Å². The fraction of sp³-hybridized carbons (Fsp3) is 0.188. The Labute approximate surface area is 132 Å². The van der Waals surface area contributed by atoms with Crippen molar-refractivity contribution in [3.8, 4) is 0 Å². The van der Waals surface area contributed by atoms with Gasteiger partial charge in [-0.05, 0) is 36.8 Å². The first-order chi connectivity index (χ1) is 10.1. The molecule has 0 saturated carbocycles. The number of ether oxygens (including phenoxy) is 1. The Morgan fingerprint density at radius 3 is 2.76 bits per heavy atom. The van der Waals surface area contributed by atoms with Gasteiger partial charge in [0, 0.05) is 11.0 Å². The molecule has 0 aromatic heterocycles. The van der Waals surface area contributed by atoms with Crippen LogP contribution in [-0.2, 0) is 11.3 Å². The molecular formula is C16H17BrN2O2. The second-order valence-electron chi connectivity index (χ2n) is 4.47. The molecule has 2 rings (SSSR count). The maximum Gasteiger partial charge on any atom is 0.340 e. The van der Waals surface area contributed by atoms with Crippen LogP contribution in [0.4, 0.5) is 11.4 Å². The summed E-state index contributed by atoms with van der Waals surface area (Å²) in [6.07, 6.45) is 0. The summed E-state index contributed by atoms with van der Waals surface area (Å²) < 4.78 is 6.06. The molecule has 5 heteroatoms. The van der Waals surface area contributed by atoms with E-state index in [1.54, 1.807) is 25.1 Å². The van der Waals surface area contributed by atoms with E-state index >= 15 is 0 Å². The number of benzene rings is 2. The van der Waals surface area contributed by atoms with Gasteiger partial charge in [-0.3, -0.25) is 0 Å². The van der Waals surface area contributed by atoms with Gasteiger partial charge < -0.3 is 15.8 Å². The maximum absolute atomic E-state index is 12.0. The minimum Gasteiger partial charge on any atom is -0.462 e. The molecule has 0 unspecified atom stereocenters. The lowest BCUT2D eigenvalue weighted by atomic mass is 10.1. The Morgan fingerprint density at radius 2 is 2.05 bits per heavy atom. The summed E-state index contributed by atoms with van der Waals surface area (Å²) in [5.74, 6) is -0.374. The molecule has 0 saturated heterocycles. The highest BCUT2D eigenvalue weighted by Crippen LogP contribution is 2.25. The van der Waals surface area contributed by atoms with Gasteiger partial charge in [-0.1, -0.05) is 34.1 Å². The molecule has 2 aromatic carbocycles. The number of carbonyl (C=O) groups is 1. The molecule has 0 atom stereocenters. The van der Waals surface area contributed by atoms with E-state index in [1.165, 1.54) is 0 Å². The SMILES string of the molecule is CCOC(=O)c1cccc(N)c1NCc1cccc(Br)c1. The van der Waals surface area contributed by atoms with Crippen LogP contribution in [0.1, 0.15) is 22.8 Å². The number of hydrogen-bond donors (Lipinski definition) is 2. The smallest absolute Gasteiger partial charge is 0.340 e. The van der Waals surface area contributed by atoms with Gasteiger partial charge in [0.1, 0.15) is 0 Å². The fourth-order valence-corrected chi connectivity index (χ4v) is 2.43. The van der Waals surface area contributed by atoms with Crippen LogP contribution in [0.2, 0.25) is 0 Å². The number of rotatable bonds is 5. The van der Waals surface area contributed by atoms with E-state index in [2.05, 4.69) is 21.2 Å². The summed E-state index contributed by atoms with van der Waals surface area (Å²) in [5.41, 5.74) is 8.64. The van der Waals surface area contributed by atoms with Gasteiger partial charge in [-0.25, -0.2) is 4.79 Å². The maximum atomic E-state index is 12.0. The van der Waals surface area contributed by atoms with Gasteiger partial charge in [0.05, 0.1) is 23.5 Å². The van der Waals surface area contributed by atoms with Crippen LogP contribution in [-0.4, -0.2) is 12.6 Å². The quantitative estimate of drug-likeness (QED) is 0.636. The van der Waals surface area contributed by atoms with Crippen molar-refractivity contribution >= 4 is 33.3 Å². The Balaban J connectivity index is 2.21. The average Bonchev–Trinajstić information content (AvgIpc) is 2.46. The first kappa shape index (κ1) is 15.4. The van der Waals surface area contributed by atoms with Crippen molar-refractivity contribution in [2.24, 2.45) is 0 Å². The minimum absolute atomic E-state index is 0.332. The van der Waals surface area contributed by atoms with E-state index in [-0.39, 0.29) is 5.97 Å². The van der Waals surface area contributed by atoms with Crippen LogP contribution < -0.4 is 11.1 Å². The van der Waals surface area contributed by atoms with E-state index < -0.39 is 0 Å². The standard InChI is InChI=1S/C16H17BrN2O2/c1-2-21-16(20)13-7-4-8-14(18)15(13)19-10-11-5-3-6-12(17)9-11/h3-9,19H,2,10,18H2,1H3. The molecule has 0 aliphatic rings. The lowest BCUT2D eigenvalue weighted by Gasteiger charge is -2.14. The van der Waals surface area contributed by atoms with Crippen molar-refractivity contribution < 1.29 is 9.53 Å². The van der Waals surface area contributed by atoms with E-state index in [9.17, 15) is 4.79 Å². The van der Waals surface area contributed by atoms with Crippen molar-refractivity contribution in [1.29, 1.82) is 0 Å². The van der Waals surface area contributed by atoms with E-state index in [0.29, 0.717) is 30.1 Å². The fourth-order valence-electron chi connectivity index (χ4n) is 1.98. The van der Waals surface area contributed by atoms with Crippen molar-refractivity contribution in [1.82, 2.24) is 0 Å². The largest absolute Gasteiger partial charge is 0.462 e. The third-order valence-electron chi connectivity index (χ3n) is 2.95. The van der Waals surface area contributed by atoms with Crippen molar-refractivity contribution in [3.63, 3.8) is 0 Å². The van der Waals surface area contributed by atoms with Crippen LogP contribution in [0.3, 0.4) is 0 Å². The average molecular weight is 349 g/mol. The molecular weight excluding hydrogens is 332 g/mol. The predicted molar refractivity (Wildman–Crippen MR) is 88.3 cm³/mol. The molecule has 0 heterocycles. The number of esters is 1. The van der Waals surface area contributed by atoms with Crippen molar-refractivity contribution in [3.05, 3.63) is 58.1 Å². The lowest BCUT2D eigenvalue weighted by Crippen LogP contribution is -2.11. The Morgan fingerprint density at radius 1 is 1.29 bits per heavy atom. The zero-order valence-electron chi connectivity index (χ0n) is 11.7. The van der Waals surface area contributed by atoms with Crippen LogP contribution in [0.5, 0.6) is 0 Å². The molecule has 110 valence electrons. The zero-order chi connectivity index (χ0) is 15.2. The molecule has 0 aliphatic heterocycles.